The van der Waals surface area contributed by atoms with Crippen molar-refractivity contribution in [3.63, 3.8) is 0 Å². The number of rotatable bonds is 3. The van der Waals surface area contributed by atoms with E-state index in [9.17, 15) is 10.1 Å². The highest BCUT2D eigenvalue weighted by atomic mass is 16.9. The minimum absolute atomic E-state index is 0.0195. The van der Waals surface area contributed by atoms with Gasteiger partial charge in [-0.3, -0.25) is 15.5 Å². The lowest BCUT2D eigenvalue weighted by molar-refractivity contribution is -0.742. The summed E-state index contributed by atoms with van der Waals surface area (Å²) in [5.41, 5.74) is 14.1. The molecular weight excluding hydrogens is 260 g/mol. The summed E-state index contributed by atoms with van der Waals surface area (Å²) in [5, 5.41) is 27.7. The van der Waals surface area contributed by atoms with Gasteiger partial charge < -0.3 is 16.7 Å². The molecule has 0 heterocycles. The molecule has 0 unspecified atom stereocenters. The molecule has 19 heavy (non-hydrogen) atoms. The van der Waals surface area contributed by atoms with Gasteiger partial charge in [0.05, 0.1) is 10.6 Å². The summed E-state index contributed by atoms with van der Waals surface area (Å²) in [6, 6.07) is 4.39. The average molecular weight is 272 g/mol. The largest absolute Gasteiger partial charge is 0.369 e. The fourth-order valence-corrected chi connectivity index (χ4v) is 0.969. The van der Waals surface area contributed by atoms with Crippen LogP contribution in [0, 0.1) is 27.2 Å². The Bertz CT molecular complexity index is 494. The monoisotopic (exact) mass is 272 g/mol. The van der Waals surface area contributed by atoms with Crippen LogP contribution >= 0.6 is 0 Å². The summed E-state index contributed by atoms with van der Waals surface area (Å²) in [6.07, 6.45) is 0. The first kappa shape index (κ1) is 15.9. The zero-order chi connectivity index (χ0) is 15.0. The van der Waals surface area contributed by atoms with Crippen molar-refractivity contribution in [1.82, 2.24) is 0 Å². The minimum atomic E-state index is -1.50. The summed E-state index contributed by atoms with van der Waals surface area (Å²) in [6.45, 7) is 1.79. The minimum Gasteiger partial charge on any atom is -0.369 e. The number of nitrogens with zero attached hydrogens (tertiary/aromatic N) is 3. The van der Waals surface area contributed by atoms with E-state index in [4.69, 9.17) is 26.8 Å². The van der Waals surface area contributed by atoms with Crippen LogP contribution < -0.4 is 16.9 Å². The van der Waals surface area contributed by atoms with E-state index in [0.717, 1.165) is 5.56 Å². The Kier molecular flexibility index (Phi) is 6.07. The van der Waals surface area contributed by atoms with Gasteiger partial charge in [0.1, 0.15) is 0 Å². The number of nitro benzene ring substituents is 1. The van der Waals surface area contributed by atoms with E-state index in [2.05, 4.69) is 10.5 Å². The number of aryl methyl sites for hydroxylation is 1. The Hall–Kier alpha value is -3.11. The van der Waals surface area contributed by atoms with Crippen LogP contribution in [0.5, 0.6) is 0 Å². The third-order valence-electron chi connectivity index (χ3n) is 1.74. The number of nitrogens with two attached hydrogens (primary N) is 2. The van der Waals surface area contributed by atoms with Gasteiger partial charge in [0.15, 0.2) is 0 Å². The molecule has 0 spiro atoms. The SMILES string of the molecule is Cc1ccc([N+](=O)[O-])cc1NN=C(N)N.O=[N+]([O-])O. The maximum absolute atomic E-state index is 10.5. The first-order valence-corrected chi connectivity index (χ1v) is 4.67. The van der Waals surface area contributed by atoms with E-state index >= 15 is 0 Å². The third kappa shape index (κ3) is 6.93. The Labute approximate surface area is 106 Å². The quantitative estimate of drug-likeness (QED) is 0.259. The molecule has 0 aliphatic carbocycles. The van der Waals surface area contributed by atoms with Gasteiger partial charge in [-0.05, 0) is 12.5 Å². The smallest absolute Gasteiger partial charge is 0.291 e. The Morgan fingerprint density at radius 3 is 2.32 bits per heavy atom. The topological polar surface area (TPSA) is 183 Å². The third-order valence-corrected chi connectivity index (χ3v) is 1.74. The molecule has 0 amide bonds. The highest BCUT2D eigenvalue weighted by molar-refractivity contribution is 5.76. The van der Waals surface area contributed by atoms with Crippen LogP contribution in [0.3, 0.4) is 0 Å². The van der Waals surface area contributed by atoms with E-state index in [1.54, 1.807) is 13.0 Å². The van der Waals surface area contributed by atoms with Gasteiger partial charge in [-0.25, -0.2) is 0 Å². The zero-order valence-electron chi connectivity index (χ0n) is 9.81. The molecule has 0 aliphatic heterocycles. The first-order chi connectivity index (χ1) is 8.73. The number of nitrogens with one attached hydrogen (secondary N) is 1. The van der Waals surface area contributed by atoms with Crippen molar-refractivity contribution in [2.75, 3.05) is 5.43 Å². The van der Waals surface area contributed by atoms with Crippen LogP contribution in [0.1, 0.15) is 5.56 Å². The van der Waals surface area contributed by atoms with Crippen molar-refractivity contribution in [2.45, 2.75) is 6.92 Å². The van der Waals surface area contributed by atoms with Gasteiger partial charge in [-0.1, -0.05) is 6.07 Å². The van der Waals surface area contributed by atoms with Crippen molar-refractivity contribution in [2.24, 2.45) is 16.6 Å². The van der Waals surface area contributed by atoms with E-state index < -0.39 is 10.0 Å². The molecule has 0 saturated carbocycles. The molecule has 0 saturated heterocycles. The van der Waals surface area contributed by atoms with Crippen LogP contribution in [0.4, 0.5) is 11.4 Å². The molecule has 1 rings (SSSR count). The predicted octanol–water partition coefficient (Wildman–Crippen LogP) is 0.156. The Morgan fingerprint density at radius 2 is 1.89 bits per heavy atom. The Morgan fingerprint density at radius 1 is 1.37 bits per heavy atom. The average Bonchev–Trinajstić information content (AvgIpc) is 2.26. The van der Waals surface area contributed by atoms with Gasteiger partial charge in [0.2, 0.25) is 5.96 Å². The number of benzene rings is 1. The number of hydrazone groups is 1. The molecular formula is C8H12N6O5. The highest BCUT2D eigenvalue weighted by Gasteiger charge is 2.07. The maximum Gasteiger partial charge on any atom is 0.291 e. The summed E-state index contributed by atoms with van der Waals surface area (Å²) < 4.78 is 0. The molecule has 1 aromatic carbocycles. The number of hydrogen-bond donors (Lipinski definition) is 4. The van der Waals surface area contributed by atoms with Crippen molar-refractivity contribution < 1.29 is 15.2 Å². The van der Waals surface area contributed by atoms with Crippen LogP contribution in [-0.2, 0) is 0 Å². The van der Waals surface area contributed by atoms with Crippen LogP contribution in [0.25, 0.3) is 0 Å². The second-order valence-corrected chi connectivity index (χ2v) is 3.14. The molecule has 0 aliphatic rings. The standard InChI is InChI=1S/C8H11N5O2.HNO3/c1-5-2-3-6(13(14)15)4-7(5)11-12-8(9)10;2-1(3)4/h2-4,11H,1H3,(H4,9,10,12);(H,2,3,4). The van der Waals surface area contributed by atoms with Crippen molar-refractivity contribution in [3.8, 4) is 0 Å². The van der Waals surface area contributed by atoms with Crippen LogP contribution in [0.2, 0.25) is 0 Å². The second-order valence-electron chi connectivity index (χ2n) is 3.14. The molecule has 0 aromatic heterocycles. The van der Waals surface area contributed by atoms with Crippen molar-refractivity contribution in [3.05, 3.63) is 44.0 Å². The van der Waals surface area contributed by atoms with Gasteiger partial charge in [0.25, 0.3) is 10.8 Å². The Balaban J connectivity index is 0.000000711. The fraction of sp³-hybridized carbons (Fsp3) is 0.125. The predicted molar refractivity (Wildman–Crippen MR) is 66.0 cm³/mol. The van der Waals surface area contributed by atoms with Crippen LogP contribution in [0.15, 0.2) is 23.3 Å². The zero-order valence-corrected chi connectivity index (χ0v) is 9.81. The van der Waals surface area contributed by atoms with Crippen LogP contribution in [-0.4, -0.2) is 21.2 Å². The maximum atomic E-state index is 10.5. The molecule has 1 aromatic rings. The lowest BCUT2D eigenvalue weighted by Crippen LogP contribution is -2.24. The molecule has 11 nitrogen and oxygen atoms in total. The molecule has 0 bridgehead atoms. The second kappa shape index (κ2) is 7.26. The molecule has 0 atom stereocenters. The fourth-order valence-electron chi connectivity index (χ4n) is 0.969. The van der Waals surface area contributed by atoms with Gasteiger partial charge >= 0.3 is 0 Å². The molecule has 11 heteroatoms. The normalized spacial score (nSPS) is 8.68. The molecule has 6 N–H and O–H groups in total. The van der Waals surface area contributed by atoms with E-state index in [-0.39, 0.29) is 11.6 Å². The molecule has 0 radical (unpaired) electrons. The summed E-state index contributed by atoms with van der Waals surface area (Å²) in [5.74, 6) is -0.138. The van der Waals surface area contributed by atoms with E-state index in [0.29, 0.717) is 5.69 Å². The summed E-state index contributed by atoms with van der Waals surface area (Å²) in [7, 11) is 0. The van der Waals surface area contributed by atoms with E-state index in [1.807, 2.05) is 0 Å². The lowest BCUT2D eigenvalue weighted by Gasteiger charge is -2.04. The van der Waals surface area contributed by atoms with E-state index in [1.165, 1.54) is 12.1 Å². The number of anilines is 1. The number of hydrogen-bond acceptors (Lipinski definition) is 6. The van der Waals surface area contributed by atoms with Crippen molar-refractivity contribution >= 4 is 17.3 Å². The van der Waals surface area contributed by atoms with Gasteiger partial charge in [0, 0.05) is 12.1 Å². The van der Waals surface area contributed by atoms with Gasteiger partial charge in [-0.2, -0.15) is 0 Å². The number of non-ortho nitro benzene ring substituents is 1. The highest BCUT2D eigenvalue weighted by Crippen LogP contribution is 2.21. The van der Waals surface area contributed by atoms with Crippen molar-refractivity contribution in [1.29, 1.82) is 0 Å². The molecule has 104 valence electrons. The molecule has 0 fully saturated rings. The number of guanidine groups is 1. The summed E-state index contributed by atoms with van der Waals surface area (Å²) in [4.78, 5) is 18.4. The lowest BCUT2D eigenvalue weighted by atomic mass is 10.2. The van der Waals surface area contributed by atoms with Gasteiger partial charge in [-0.15, -0.1) is 15.2 Å². The summed E-state index contributed by atoms with van der Waals surface area (Å²) >= 11 is 0. The number of nitro groups is 1. The first-order valence-electron chi connectivity index (χ1n) is 4.67.